The number of hydrogen-bond acceptors (Lipinski definition) is 3. The van der Waals surface area contributed by atoms with Crippen LogP contribution in [0.25, 0.3) is 0 Å². The number of rotatable bonds is 6. The van der Waals surface area contributed by atoms with E-state index >= 15 is 0 Å². The van der Waals surface area contributed by atoms with Gasteiger partial charge in [-0.2, -0.15) is 0 Å². The van der Waals surface area contributed by atoms with E-state index in [9.17, 15) is 4.79 Å². The first kappa shape index (κ1) is 17.4. The first-order valence-corrected chi connectivity index (χ1v) is 8.98. The van der Waals surface area contributed by atoms with Crippen LogP contribution in [0.15, 0.2) is 29.2 Å². The fourth-order valence-electron chi connectivity index (χ4n) is 2.91. The van der Waals surface area contributed by atoms with Gasteiger partial charge in [0.2, 0.25) is 5.91 Å². The van der Waals surface area contributed by atoms with E-state index in [1.807, 2.05) is 16.7 Å². The number of carbonyl (C=O) groups is 1. The molecule has 1 aromatic carbocycles. The summed E-state index contributed by atoms with van der Waals surface area (Å²) >= 11 is 1.85. The largest absolute Gasteiger partial charge is 0.384 e. The predicted molar refractivity (Wildman–Crippen MR) is 92.3 cm³/mol. The van der Waals surface area contributed by atoms with Crippen LogP contribution in [0.3, 0.4) is 0 Å². The minimum atomic E-state index is 0.241. The summed E-state index contributed by atoms with van der Waals surface area (Å²) in [7, 11) is 1.73. The van der Waals surface area contributed by atoms with Gasteiger partial charge in [0.05, 0.1) is 13.0 Å². The van der Waals surface area contributed by atoms with Crippen molar-refractivity contribution in [2.75, 3.05) is 26.8 Å². The lowest BCUT2D eigenvalue weighted by Gasteiger charge is -2.32. The number of likely N-dealkylation sites (tertiary alicyclic amines) is 1. The number of methoxy groups -OCH3 is 1. The van der Waals surface area contributed by atoms with Crippen LogP contribution in [0.1, 0.15) is 32.3 Å². The summed E-state index contributed by atoms with van der Waals surface area (Å²) in [5.41, 5.74) is 1.10. The van der Waals surface area contributed by atoms with Gasteiger partial charge < -0.3 is 9.64 Å². The Morgan fingerprint density at radius 2 is 2.09 bits per heavy atom. The number of hydrogen-bond donors (Lipinski definition) is 0. The van der Waals surface area contributed by atoms with Crippen molar-refractivity contribution in [3.8, 4) is 0 Å². The van der Waals surface area contributed by atoms with Gasteiger partial charge in [0.15, 0.2) is 0 Å². The predicted octanol–water partition coefficient (Wildman–Crippen LogP) is 3.61. The Hall–Kier alpha value is -1.00. The molecule has 1 heterocycles. The summed E-state index contributed by atoms with van der Waals surface area (Å²) in [6, 6.07) is 8.41. The Morgan fingerprint density at radius 3 is 2.73 bits per heavy atom. The molecule has 1 fully saturated rings. The Morgan fingerprint density at radius 1 is 1.36 bits per heavy atom. The molecular formula is C18H27NO2S. The van der Waals surface area contributed by atoms with Gasteiger partial charge in [-0.1, -0.05) is 26.0 Å². The van der Waals surface area contributed by atoms with Gasteiger partial charge >= 0.3 is 0 Å². The number of carbonyl (C=O) groups excluding carboxylic acids is 1. The maximum Gasteiger partial charge on any atom is 0.226 e. The summed E-state index contributed by atoms with van der Waals surface area (Å²) in [6.45, 7) is 6.86. The average molecular weight is 321 g/mol. The third-order valence-electron chi connectivity index (χ3n) is 3.92. The van der Waals surface area contributed by atoms with Crippen LogP contribution >= 0.6 is 11.8 Å². The molecule has 1 aliphatic rings. The third-order valence-corrected chi connectivity index (χ3v) is 4.94. The third kappa shape index (κ3) is 5.33. The van der Waals surface area contributed by atoms with E-state index in [-0.39, 0.29) is 5.91 Å². The van der Waals surface area contributed by atoms with E-state index in [0.29, 0.717) is 17.6 Å². The van der Waals surface area contributed by atoms with Crippen LogP contribution in [-0.4, -0.2) is 42.9 Å². The van der Waals surface area contributed by atoms with Crippen LogP contribution in [0.4, 0.5) is 0 Å². The summed E-state index contributed by atoms with van der Waals surface area (Å²) < 4.78 is 5.23. The molecule has 4 heteroatoms. The second-order valence-electron chi connectivity index (χ2n) is 6.29. The van der Waals surface area contributed by atoms with E-state index in [1.54, 1.807) is 7.11 Å². The lowest BCUT2D eigenvalue weighted by molar-refractivity contribution is -0.132. The Balaban J connectivity index is 1.88. The van der Waals surface area contributed by atoms with Crippen molar-refractivity contribution < 1.29 is 9.53 Å². The van der Waals surface area contributed by atoms with E-state index in [1.165, 1.54) is 11.3 Å². The second kappa shape index (κ2) is 8.59. The molecule has 1 saturated heterocycles. The summed E-state index contributed by atoms with van der Waals surface area (Å²) in [6.07, 6.45) is 2.76. The molecule has 2 rings (SSSR count). The van der Waals surface area contributed by atoms with E-state index in [4.69, 9.17) is 4.74 Å². The van der Waals surface area contributed by atoms with Crippen molar-refractivity contribution in [1.82, 2.24) is 4.90 Å². The summed E-state index contributed by atoms with van der Waals surface area (Å²) in [4.78, 5) is 15.7. The molecule has 1 aromatic rings. The van der Waals surface area contributed by atoms with Gasteiger partial charge in [-0.25, -0.2) is 0 Å². The summed E-state index contributed by atoms with van der Waals surface area (Å²) in [5, 5.41) is 0.582. The monoisotopic (exact) mass is 321 g/mol. The number of benzene rings is 1. The zero-order valence-corrected chi connectivity index (χ0v) is 14.7. The van der Waals surface area contributed by atoms with Gasteiger partial charge in [0, 0.05) is 30.3 Å². The zero-order chi connectivity index (χ0) is 15.9. The highest BCUT2D eigenvalue weighted by atomic mass is 32.2. The molecule has 22 heavy (non-hydrogen) atoms. The molecular weight excluding hydrogens is 294 g/mol. The zero-order valence-electron chi connectivity index (χ0n) is 13.9. The highest BCUT2D eigenvalue weighted by molar-refractivity contribution is 7.99. The molecule has 0 bridgehead atoms. The number of amides is 1. The molecule has 1 amide bonds. The topological polar surface area (TPSA) is 29.5 Å². The minimum absolute atomic E-state index is 0.241. The highest BCUT2D eigenvalue weighted by Gasteiger charge is 2.23. The maximum atomic E-state index is 12.5. The fourth-order valence-corrected chi connectivity index (χ4v) is 3.75. The lowest BCUT2D eigenvalue weighted by atomic mass is 9.98. The highest BCUT2D eigenvalue weighted by Crippen LogP contribution is 2.23. The normalized spacial score (nSPS) is 18.7. The van der Waals surface area contributed by atoms with Crippen molar-refractivity contribution in [3.05, 3.63) is 29.8 Å². The second-order valence-corrected chi connectivity index (χ2v) is 7.94. The van der Waals surface area contributed by atoms with E-state index < -0.39 is 0 Å². The van der Waals surface area contributed by atoms with Gasteiger partial charge in [-0.15, -0.1) is 11.8 Å². The smallest absolute Gasteiger partial charge is 0.226 e. The average Bonchev–Trinajstić information content (AvgIpc) is 2.49. The lowest BCUT2D eigenvalue weighted by Crippen LogP contribution is -2.41. The molecule has 0 aliphatic carbocycles. The number of ether oxygens (including phenoxy) is 1. The van der Waals surface area contributed by atoms with Crippen molar-refractivity contribution >= 4 is 17.7 Å². The molecule has 1 unspecified atom stereocenters. The van der Waals surface area contributed by atoms with Crippen molar-refractivity contribution in [2.45, 2.75) is 43.3 Å². The van der Waals surface area contributed by atoms with Gasteiger partial charge in [-0.05, 0) is 36.5 Å². The molecule has 3 nitrogen and oxygen atoms in total. The SMILES string of the molecule is COCC1CCCN(C(=O)Cc2ccc(SC(C)C)cc2)C1. The molecule has 1 aliphatic heterocycles. The fraction of sp³-hybridized carbons (Fsp3) is 0.611. The van der Waals surface area contributed by atoms with Gasteiger partial charge in [-0.3, -0.25) is 4.79 Å². The molecule has 1 atom stereocenters. The van der Waals surface area contributed by atoms with Crippen LogP contribution in [-0.2, 0) is 16.0 Å². The maximum absolute atomic E-state index is 12.5. The quantitative estimate of drug-likeness (QED) is 0.750. The van der Waals surface area contributed by atoms with E-state index in [0.717, 1.165) is 31.7 Å². The standard InChI is InChI=1S/C18H27NO2S/c1-14(2)22-17-8-6-15(7-9-17)11-18(20)19-10-4-5-16(12-19)13-21-3/h6-9,14,16H,4-5,10-13H2,1-3H3. The number of nitrogens with zero attached hydrogens (tertiary/aromatic N) is 1. The minimum Gasteiger partial charge on any atom is -0.384 e. The van der Waals surface area contributed by atoms with Crippen molar-refractivity contribution in [3.63, 3.8) is 0 Å². The number of thioether (sulfide) groups is 1. The molecule has 0 spiro atoms. The van der Waals surface area contributed by atoms with Gasteiger partial charge in [0.1, 0.15) is 0 Å². The number of piperidine rings is 1. The Bertz CT molecular complexity index is 470. The van der Waals surface area contributed by atoms with Crippen LogP contribution in [0.5, 0.6) is 0 Å². The molecule has 122 valence electrons. The summed E-state index contributed by atoms with van der Waals surface area (Å²) in [5.74, 6) is 0.734. The first-order valence-electron chi connectivity index (χ1n) is 8.10. The van der Waals surface area contributed by atoms with E-state index in [2.05, 4.69) is 38.1 Å². The molecule has 0 aromatic heterocycles. The van der Waals surface area contributed by atoms with Crippen molar-refractivity contribution in [1.29, 1.82) is 0 Å². The molecule has 0 N–H and O–H groups in total. The van der Waals surface area contributed by atoms with Crippen LogP contribution in [0, 0.1) is 5.92 Å². The Labute approximate surface area is 138 Å². The molecule has 0 saturated carbocycles. The van der Waals surface area contributed by atoms with Crippen molar-refractivity contribution in [2.24, 2.45) is 5.92 Å². The molecule has 0 radical (unpaired) electrons. The van der Waals surface area contributed by atoms with Crippen LogP contribution < -0.4 is 0 Å². The van der Waals surface area contributed by atoms with Gasteiger partial charge in [0.25, 0.3) is 0 Å². The Kier molecular flexibility index (Phi) is 6.77. The first-order chi connectivity index (χ1) is 10.6. The van der Waals surface area contributed by atoms with Crippen LogP contribution in [0.2, 0.25) is 0 Å².